The number of aryl methyl sites for hydroxylation is 1. The van der Waals surface area contributed by atoms with Gasteiger partial charge in [-0.15, -0.1) is 5.10 Å². The van der Waals surface area contributed by atoms with Crippen LogP contribution < -0.4 is 0 Å². The van der Waals surface area contributed by atoms with E-state index in [9.17, 15) is 9.90 Å². The van der Waals surface area contributed by atoms with Gasteiger partial charge in [-0.05, 0) is 30.5 Å². The zero-order valence-corrected chi connectivity index (χ0v) is 20.5. The second-order valence-electron chi connectivity index (χ2n) is 8.28. The fourth-order valence-corrected chi connectivity index (χ4v) is 3.92. The molecule has 0 fully saturated rings. The zero-order valence-electron chi connectivity index (χ0n) is 20.5. The first-order valence-electron chi connectivity index (χ1n) is 11.8. The number of aromatic nitrogens is 4. The van der Waals surface area contributed by atoms with Crippen LogP contribution in [0, 0.1) is 0 Å². The van der Waals surface area contributed by atoms with Crippen LogP contribution >= 0.6 is 0 Å². The highest BCUT2D eigenvalue weighted by atomic mass is 16.7. The highest BCUT2D eigenvalue weighted by molar-refractivity contribution is 5.95. The highest BCUT2D eigenvalue weighted by Crippen LogP contribution is 2.30. The van der Waals surface area contributed by atoms with Crippen molar-refractivity contribution in [2.45, 2.75) is 64.7 Å². The molecule has 2 aromatic heterocycles. The molecule has 0 saturated carbocycles. The zero-order chi connectivity index (χ0) is 24.6. The quantitative estimate of drug-likeness (QED) is 0.351. The van der Waals surface area contributed by atoms with Gasteiger partial charge in [0.1, 0.15) is 5.82 Å². The normalized spacial score (nSPS) is 11.6. The lowest BCUT2D eigenvalue weighted by Crippen LogP contribution is -2.32. The Hall–Kier alpha value is -3.10. The summed E-state index contributed by atoms with van der Waals surface area (Å²) in [5.74, 6) is -0.519. The third-order valence-electron chi connectivity index (χ3n) is 5.95. The molecule has 0 spiro atoms. The molecular formula is C26H34N4O4. The van der Waals surface area contributed by atoms with Crippen LogP contribution in [0.4, 0.5) is 0 Å². The molecule has 0 saturated heterocycles. The Kier molecular flexibility index (Phi) is 8.90. The number of pyridine rings is 1. The van der Waals surface area contributed by atoms with Gasteiger partial charge in [-0.25, -0.2) is 14.5 Å². The van der Waals surface area contributed by atoms with Gasteiger partial charge in [0.05, 0.1) is 17.8 Å². The van der Waals surface area contributed by atoms with Crippen LogP contribution in [0.3, 0.4) is 0 Å². The molecular weight excluding hydrogens is 432 g/mol. The molecule has 0 atom stereocenters. The standard InChI is InChI=1S/C26H34N4O4/c1-5-7-13-23-28-25(26(33-3,34-4)16-8-6-2)29-30(23)18-19-14-15-22(27-17-19)20-11-9-10-12-21(20)24(31)32/h9-12,14-15,17H,5-8,13,16,18H2,1-4H3,(H,31,32). The highest BCUT2D eigenvalue weighted by Gasteiger charge is 2.37. The Morgan fingerprint density at radius 3 is 2.41 bits per heavy atom. The minimum Gasteiger partial charge on any atom is -0.478 e. The summed E-state index contributed by atoms with van der Waals surface area (Å²) in [5, 5.41) is 14.3. The largest absolute Gasteiger partial charge is 0.478 e. The molecule has 34 heavy (non-hydrogen) atoms. The lowest BCUT2D eigenvalue weighted by Gasteiger charge is -2.27. The molecule has 0 amide bonds. The van der Waals surface area contributed by atoms with E-state index in [2.05, 4.69) is 18.8 Å². The summed E-state index contributed by atoms with van der Waals surface area (Å²) in [4.78, 5) is 20.9. The smallest absolute Gasteiger partial charge is 0.336 e. The molecule has 8 nitrogen and oxygen atoms in total. The van der Waals surface area contributed by atoms with E-state index in [0.717, 1.165) is 43.5 Å². The van der Waals surface area contributed by atoms with Crippen molar-refractivity contribution in [1.29, 1.82) is 0 Å². The summed E-state index contributed by atoms with van der Waals surface area (Å²) in [5.41, 5.74) is 2.38. The van der Waals surface area contributed by atoms with E-state index in [4.69, 9.17) is 19.6 Å². The third kappa shape index (κ3) is 5.69. The lowest BCUT2D eigenvalue weighted by molar-refractivity contribution is -0.226. The van der Waals surface area contributed by atoms with E-state index in [0.29, 0.717) is 30.0 Å². The van der Waals surface area contributed by atoms with Crippen LogP contribution in [0.2, 0.25) is 0 Å². The number of aromatic carboxylic acids is 1. The molecule has 182 valence electrons. The number of carboxylic acid groups (broad SMARTS) is 1. The van der Waals surface area contributed by atoms with Crippen LogP contribution in [-0.2, 0) is 28.2 Å². The summed E-state index contributed by atoms with van der Waals surface area (Å²) in [6.45, 7) is 4.77. The van der Waals surface area contributed by atoms with E-state index >= 15 is 0 Å². The number of carbonyl (C=O) groups is 1. The molecule has 0 aliphatic heterocycles. The Morgan fingerprint density at radius 2 is 1.79 bits per heavy atom. The second-order valence-corrected chi connectivity index (χ2v) is 8.28. The van der Waals surface area contributed by atoms with Crippen LogP contribution in [0.15, 0.2) is 42.6 Å². The molecule has 1 aromatic carbocycles. The van der Waals surface area contributed by atoms with Crippen molar-refractivity contribution in [3.05, 3.63) is 65.4 Å². The lowest BCUT2D eigenvalue weighted by atomic mass is 10.0. The molecule has 3 aromatic rings. The Morgan fingerprint density at radius 1 is 1.06 bits per heavy atom. The molecule has 3 rings (SSSR count). The Balaban J connectivity index is 1.90. The van der Waals surface area contributed by atoms with Crippen molar-refractivity contribution in [1.82, 2.24) is 19.7 Å². The summed E-state index contributed by atoms with van der Waals surface area (Å²) in [6, 6.07) is 10.7. The second kappa shape index (κ2) is 11.9. The molecule has 2 heterocycles. The number of carboxylic acids is 1. The third-order valence-corrected chi connectivity index (χ3v) is 5.95. The molecule has 0 aliphatic rings. The fraction of sp³-hybridized carbons (Fsp3) is 0.462. The topological polar surface area (TPSA) is 99.4 Å². The number of rotatable bonds is 13. The van der Waals surface area contributed by atoms with Crippen LogP contribution in [-0.4, -0.2) is 45.0 Å². The number of methoxy groups -OCH3 is 2. The van der Waals surface area contributed by atoms with Gasteiger partial charge < -0.3 is 14.6 Å². The number of benzene rings is 1. The van der Waals surface area contributed by atoms with Crippen molar-refractivity contribution < 1.29 is 19.4 Å². The fourth-order valence-electron chi connectivity index (χ4n) is 3.92. The number of hydrogen-bond donors (Lipinski definition) is 1. The average Bonchev–Trinajstić information content (AvgIpc) is 3.27. The summed E-state index contributed by atoms with van der Waals surface area (Å²) in [6.07, 6.45) is 7.24. The van der Waals surface area contributed by atoms with Gasteiger partial charge in [0, 0.05) is 38.8 Å². The first kappa shape index (κ1) is 25.5. The number of hydrogen-bond acceptors (Lipinski definition) is 6. The first-order chi connectivity index (χ1) is 16.5. The summed E-state index contributed by atoms with van der Waals surface area (Å²) >= 11 is 0. The van der Waals surface area contributed by atoms with E-state index < -0.39 is 11.8 Å². The van der Waals surface area contributed by atoms with Crippen molar-refractivity contribution in [2.24, 2.45) is 0 Å². The minimum absolute atomic E-state index is 0.230. The molecule has 0 unspecified atom stereocenters. The number of unbranched alkanes of at least 4 members (excludes halogenated alkanes) is 2. The van der Waals surface area contributed by atoms with E-state index in [1.807, 2.05) is 22.9 Å². The predicted octanol–water partition coefficient (Wildman–Crippen LogP) is 5.07. The maximum Gasteiger partial charge on any atom is 0.336 e. The predicted molar refractivity (Wildman–Crippen MR) is 130 cm³/mol. The maximum absolute atomic E-state index is 11.6. The minimum atomic E-state index is -0.972. The van der Waals surface area contributed by atoms with Gasteiger partial charge in [-0.3, -0.25) is 4.98 Å². The molecule has 8 heteroatoms. The average molecular weight is 467 g/mol. The van der Waals surface area contributed by atoms with Gasteiger partial charge >= 0.3 is 5.97 Å². The first-order valence-corrected chi connectivity index (χ1v) is 11.8. The van der Waals surface area contributed by atoms with Gasteiger partial charge in [0.25, 0.3) is 0 Å². The SMILES string of the molecule is CCCCc1nc(C(CCCC)(OC)OC)nn1Cc1ccc(-c2ccccc2C(=O)O)nc1. The summed E-state index contributed by atoms with van der Waals surface area (Å²) < 4.78 is 13.4. The number of nitrogens with zero attached hydrogens (tertiary/aromatic N) is 4. The molecule has 0 aliphatic carbocycles. The Labute approximate surface area is 201 Å². The van der Waals surface area contributed by atoms with Crippen LogP contribution in [0.25, 0.3) is 11.3 Å². The van der Waals surface area contributed by atoms with E-state index in [1.165, 1.54) is 0 Å². The van der Waals surface area contributed by atoms with Crippen molar-refractivity contribution in [2.75, 3.05) is 14.2 Å². The van der Waals surface area contributed by atoms with Gasteiger partial charge in [-0.2, -0.15) is 0 Å². The monoisotopic (exact) mass is 466 g/mol. The Bertz CT molecular complexity index is 1070. The van der Waals surface area contributed by atoms with Crippen molar-refractivity contribution >= 4 is 5.97 Å². The molecule has 1 N–H and O–H groups in total. The molecule has 0 radical (unpaired) electrons. The maximum atomic E-state index is 11.6. The summed E-state index contributed by atoms with van der Waals surface area (Å²) in [7, 11) is 3.26. The van der Waals surface area contributed by atoms with E-state index in [1.54, 1.807) is 38.6 Å². The van der Waals surface area contributed by atoms with Gasteiger partial charge in [-0.1, -0.05) is 51.0 Å². The van der Waals surface area contributed by atoms with Crippen LogP contribution in [0.1, 0.15) is 73.5 Å². The van der Waals surface area contributed by atoms with E-state index in [-0.39, 0.29) is 5.56 Å². The van der Waals surface area contributed by atoms with Crippen molar-refractivity contribution in [3.63, 3.8) is 0 Å². The van der Waals surface area contributed by atoms with Crippen LogP contribution in [0.5, 0.6) is 0 Å². The van der Waals surface area contributed by atoms with Crippen molar-refractivity contribution in [3.8, 4) is 11.3 Å². The van der Waals surface area contributed by atoms with Gasteiger partial charge in [0.15, 0.2) is 0 Å². The number of ether oxygens (including phenoxy) is 2. The molecule has 0 bridgehead atoms. The van der Waals surface area contributed by atoms with Gasteiger partial charge in [0.2, 0.25) is 11.6 Å².